The molecule has 1 atom stereocenters. The molecule has 24 heavy (non-hydrogen) atoms. The lowest BCUT2D eigenvalue weighted by molar-refractivity contribution is 0.0367. The predicted molar refractivity (Wildman–Crippen MR) is 95.2 cm³/mol. The number of ether oxygens (including phenoxy) is 1. The van der Waals surface area contributed by atoms with E-state index in [0.717, 1.165) is 20.8 Å². The summed E-state index contributed by atoms with van der Waals surface area (Å²) in [5.41, 5.74) is 1.97. The number of esters is 1. The van der Waals surface area contributed by atoms with E-state index in [2.05, 4.69) is 15.9 Å². The predicted octanol–water partition coefficient (Wildman–Crippen LogP) is 5.09. The molecule has 1 heterocycles. The molecule has 3 nitrogen and oxygen atoms in total. The number of ketones is 1. The Labute approximate surface area is 147 Å². The van der Waals surface area contributed by atoms with Crippen LogP contribution in [0.25, 0.3) is 10.8 Å². The molecule has 3 aromatic rings. The molecule has 1 unspecified atom stereocenters. The van der Waals surface area contributed by atoms with Gasteiger partial charge in [0.05, 0.1) is 12.0 Å². The number of Topliss-reactive ketones (excluding diaryl/α,β-unsaturated/α-hetero) is 1. The summed E-state index contributed by atoms with van der Waals surface area (Å²) < 4.78 is 6.15. The molecule has 118 valence electrons. The van der Waals surface area contributed by atoms with Crippen molar-refractivity contribution in [1.29, 1.82) is 0 Å². The monoisotopic (exact) mass is 380 g/mol. The zero-order chi connectivity index (χ0) is 16.7. The van der Waals surface area contributed by atoms with Gasteiger partial charge in [-0.1, -0.05) is 64.5 Å². The van der Waals surface area contributed by atoms with Crippen LogP contribution in [-0.2, 0) is 4.74 Å². The van der Waals surface area contributed by atoms with E-state index in [0.29, 0.717) is 11.1 Å². The second kappa shape index (κ2) is 5.87. The van der Waals surface area contributed by atoms with Crippen LogP contribution in [0.15, 0.2) is 65.1 Å². The molecule has 0 radical (unpaired) electrons. The first kappa shape index (κ1) is 15.1. The fourth-order valence-corrected chi connectivity index (χ4v) is 3.74. The Kier molecular flexibility index (Phi) is 3.69. The normalized spacial score (nSPS) is 16.0. The van der Waals surface area contributed by atoms with Crippen molar-refractivity contribution in [2.45, 2.75) is 12.5 Å². The van der Waals surface area contributed by atoms with Crippen LogP contribution in [0.4, 0.5) is 0 Å². The summed E-state index contributed by atoms with van der Waals surface area (Å²) in [4.78, 5) is 24.9. The second-order valence-electron chi connectivity index (χ2n) is 5.75. The van der Waals surface area contributed by atoms with Crippen molar-refractivity contribution in [2.24, 2.45) is 0 Å². The van der Waals surface area contributed by atoms with E-state index < -0.39 is 6.10 Å². The van der Waals surface area contributed by atoms with Gasteiger partial charge in [-0.15, -0.1) is 0 Å². The molecule has 4 rings (SSSR count). The van der Waals surface area contributed by atoms with Crippen LogP contribution in [0.1, 0.15) is 38.8 Å². The SMILES string of the molecule is O=C1OC(CC(=O)c2c(Br)ccc3ccccc23)c2ccccc21. The third-order valence-corrected chi connectivity index (χ3v) is 4.97. The van der Waals surface area contributed by atoms with Crippen LogP contribution in [0.5, 0.6) is 0 Å². The Bertz CT molecular complexity index is 978. The van der Waals surface area contributed by atoms with Gasteiger partial charge in [-0.05, 0) is 22.9 Å². The lowest BCUT2D eigenvalue weighted by Crippen LogP contribution is -2.09. The van der Waals surface area contributed by atoms with Gasteiger partial charge in [-0.2, -0.15) is 0 Å². The number of rotatable bonds is 3. The fourth-order valence-electron chi connectivity index (χ4n) is 3.17. The van der Waals surface area contributed by atoms with Gasteiger partial charge in [-0.3, -0.25) is 4.79 Å². The van der Waals surface area contributed by atoms with Gasteiger partial charge < -0.3 is 4.74 Å². The molecule has 0 fully saturated rings. The summed E-state index contributed by atoms with van der Waals surface area (Å²) >= 11 is 3.48. The molecule has 0 aliphatic carbocycles. The lowest BCUT2D eigenvalue weighted by Gasteiger charge is -2.12. The smallest absolute Gasteiger partial charge is 0.339 e. The van der Waals surface area contributed by atoms with Gasteiger partial charge in [0, 0.05) is 15.6 Å². The first-order chi connectivity index (χ1) is 11.6. The number of halogens is 1. The van der Waals surface area contributed by atoms with E-state index in [1.807, 2.05) is 48.5 Å². The van der Waals surface area contributed by atoms with Crippen LogP contribution in [0.3, 0.4) is 0 Å². The second-order valence-corrected chi connectivity index (χ2v) is 6.61. The summed E-state index contributed by atoms with van der Waals surface area (Å²) in [6, 6.07) is 18.8. The van der Waals surface area contributed by atoms with Crippen molar-refractivity contribution in [1.82, 2.24) is 0 Å². The summed E-state index contributed by atoms with van der Waals surface area (Å²) in [5, 5.41) is 1.90. The Morgan fingerprint density at radius 2 is 1.75 bits per heavy atom. The van der Waals surface area contributed by atoms with Crippen LogP contribution in [0, 0.1) is 0 Å². The minimum atomic E-state index is -0.521. The van der Waals surface area contributed by atoms with E-state index in [1.165, 1.54) is 0 Å². The topological polar surface area (TPSA) is 43.4 Å². The van der Waals surface area contributed by atoms with Crippen molar-refractivity contribution in [3.05, 3.63) is 81.8 Å². The quantitative estimate of drug-likeness (QED) is 0.469. The minimum Gasteiger partial charge on any atom is -0.453 e. The highest BCUT2D eigenvalue weighted by Crippen LogP contribution is 2.35. The van der Waals surface area contributed by atoms with E-state index >= 15 is 0 Å². The van der Waals surface area contributed by atoms with Gasteiger partial charge in [0.15, 0.2) is 5.78 Å². The van der Waals surface area contributed by atoms with Gasteiger partial charge in [-0.25, -0.2) is 4.79 Å². The van der Waals surface area contributed by atoms with E-state index in [-0.39, 0.29) is 18.2 Å². The molecule has 0 bridgehead atoms. The Morgan fingerprint density at radius 1 is 1.00 bits per heavy atom. The first-order valence-corrected chi connectivity index (χ1v) is 8.45. The summed E-state index contributed by atoms with van der Waals surface area (Å²) in [5.74, 6) is -0.409. The largest absolute Gasteiger partial charge is 0.453 e. The molecular formula is C20H13BrO3. The van der Waals surface area contributed by atoms with Crippen LogP contribution in [-0.4, -0.2) is 11.8 Å². The average Bonchev–Trinajstić information content (AvgIpc) is 2.91. The summed E-state index contributed by atoms with van der Waals surface area (Å²) in [6.45, 7) is 0. The highest BCUT2D eigenvalue weighted by Gasteiger charge is 2.32. The number of fused-ring (bicyclic) bond motifs is 2. The number of carbonyl (C=O) groups excluding carboxylic acids is 2. The Hall–Kier alpha value is -2.46. The van der Waals surface area contributed by atoms with Gasteiger partial charge in [0.2, 0.25) is 0 Å². The van der Waals surface area contributed by atoms with Crippen molar-refractivity contribution in [2.75, 3.05) is 0 Å². The fraction of sp³-hybridized carbons (Fsp3) is 0.100. The standard InChI is InChI=1S/C20H13BrO3/c21-16-10-9-12-5-1-2-6-13(12)19(16)17(22)11-18-14-7-3-4-8-15(14)20(23)24-18/h1-10,18H,11H2. The molecule has 0 saturated carbocycles. The number of carbonyl (C=O) groups is 2. The third-order valence-electron chi connectivity index (χ3n) is 4.30. The molecule has 0 amide bonds. The van der Waals surface area contributed by atoms with Gasteiger partial charge >= 0.3 is 5.97 Å². The highest BCUT2D eigenvalue weighted by atomic mass is 79.9. The molecule has 4 heteroatoms. The van der Waals surface area contributed by atoms with Crippen molar-refractivity contribution in [3.63, 3.8) is 0 Å². The van der Waals surface area contributed by atoms with Crippen molar-refractivity contribution in [3.8, 4) is 0 Å². The lowest BCUT2D eigenvalue weighted by atomic mass is 9.95. The average molecular weight is 381 g/mol. The van der Waals surface area contributed by atoms with Crippen molar-refractivity contribution >= 4 is 38.5 Å². The number of hydrogen-bond acceptors (Lipinski definition) is 3. The van der Waals surface area contributed by atoms with Crippen LogP contribution in [0.2, 0.25) is 0 Å². The van der Waals surface area contributed by atoms with E-state index in [1.54, 1.807) is 12.1 Å². The van der Waals surface area contributed by atoms with Crippen molar-refractivity contribution < 1.29 is 14.3 Å². The Morgan fingerprint density at radius 3 is 2.62 bits per heavy atom. The van der Waals surface area contributed by atoms with Gasteiger partial charge in [0.25, 0.3) is 0 Å². The first-order valence-electron chi connectivity index (χ1n) is 7.65. The molecule has 1 aliphatic rings. The zero-order valence-corrected chi connectivity index (χ0v) is 14.2. The molecular weight excluding hydrogens is 368 g/mol. The maximum atomic E-state index is 12.9. The zero-order valence-electron chi connectivity index (χ0n) is 12.7. The van der Waals surface area contributed by atoms with Crippen LogP contribution >= 0.6 is 15.9 Å². The molecule has 0 aromatic heterocycles. The third kappa shape index (κ3) is 2.43. The Balaban J connectivity index is 1.72. The molecule has 0 saturated heterocycles. The summed E-state index contributed by atoms with van der Waals surface area (Å²) in [7, 11) is 0. The number of benzene rings is 3. The molecule has 3 aromatic carbocycles. The van der Waals surface area contributed by atoms with E-state index in [9.17, 15) is 9.59 Å². The van der Waals surface area contributed by atoms with Crippen LogP contribution < -0.4 is 0 Å². The van der Waals surface area contributed by atoms with Gasteiger partial charge in [0.1, 0.15) is 6.10 Å². The number of hydrogen-bond donors (Lipinski definition) is 0. The maximum Gasteiger partial charge on any atom is 0.339 e. The van der Waals surface area contributed by atoms with E-state index in [4.69, 9.17) is 4.74 Å². The molecule has 0 N–H and O–H groups in total. The minimum absolute atomic E-state index is 0.0480. The maximum absolute atomic E-state index is 12.9. The summed E-state index contributed by atoms with van der Waals surface area (Å²) in [6.07, 6.45) is -0.387. The molecule has 0 spiro atoms. The molecule has 1 aliphatic heterocycles. The highest BCUT2D eigenvalue weighted by molar-refractivity contribution is 9.10. The number of cyclic esters (lactones) is 1.